The normalized spacial score (nSPS) is 19.0. The van der Waals surface area contributed by atoms with E-state index in [9.17, 15) is 13.2 Å². The van der Waals surface area contributed by atoms with Gasteiger partial charge in [0.05, 0.1) is 35.6 Å². The molecule has 1 aliphatic heterocycles. The van der Waals surface area contributed by atoms with Gasteiger partial charge in [0, 0.05) is 19.6 Å². The molecule has 1 aromatic carbocycles. The van der Waals surface area contributed by atoms with Crippen molar-refractivity contribution in [3.63, 3.8) is 0 Å². The van der Waals surface area contributed by atoms with Gasteiger partial charge in [0.1, 0.15) is 0 Å². The summed E-state index contributed by atoms with van der Waals surface area (Å²) in [6, 6.07) is 9.65. The van der Waals surface area contributed by atoms with Crippen molar-refractivity contribution < 1.29 is 13.2 Å². The summed E-state index contributed by atoms with van der Waals surface area (Å²) in [6.45, 7) is 2.57. The van der Waals surface area contributed by atoms with Crippen molar-refractivity contribution in [3.8, 4) is 0 Å². The largest absolute Gasteiger partial charge is 0.322 e. The van der Waals surface area contributed by atoms with Gasteiger partial charge in [-0.2, -0.15) is 5.10 Å². The Morgan fingerprint density at radius 3 is 2.65 bits per heavy atom. The average Bonchev–Trinajstić information content (AvgIpc) is 3.12. The Bertz CT molecular complexity index is 877. The van der Waals surface area contributed by atoms with E-state index in [2.05, 4.69) is 10.4 Å². The Morgan fingerprint density at radius 2 is 2.08 bits per heavy atom. The van der Waals surface area contributed by atoms with E-state index in [4.69, 9.17) is 0 Å². The quantitative estimate of drug-likeness (QED) is 0.823. The molecule has 1 saturated heterocycles. The van der Waals surface area contributed by atoms with Crippen LogP contribution in [0.1, 0.15) is 17.7 Å². The molecule has 0 unspecified atom stereocenters. The van der Waals surface area contributed by atoms with Gasteiger partial charge in [-0.1, -0.05) is 30.3 Å². The van der Waals surface area contributed by atoms with Crippen LogP contribution in [0.5, 0.6) is 0 Å². The lowest BCUT2D eigenvalue weighted by Crippen LogP contribution is -2.41. The van der Waals surface area contributed by atoms with Crippen LogP contribution in [0.3, 0.4) is 0 Å². The number of aryl methyl sites for hydroxylation is 1. The molecule has 1 aliphatic rings. The molecule has 0 bridgehead atoms. The third-order valence-electron chi connectivity index (χ3n) is 4.81. The highest BCUT2D eigenvalue weighted by atomic mass is 32.2. The van der Waals surface area contributed by atoms with E-state index in [0.29, 0.717) is 18.7 Å². The standard InChI is InChI=1S/C18H24N4O3S/c1-14-17(10-19-21(14)2)20-18(23)12-22(11-15-6-4-3-5-7-15)16-8-9-26(24,25)13-16/h3-7,10,16H,8-9,11-13H2,1-2H3,(H,20,23)/t16-/m0/s1. The number of hydrogen-bond donors (Lipinski definition) is 1. The Kier molecular flexibility index (Phi) is 5.43. The predicted octanol–water partition coefficient (Wildman–Crippen LogP) is 1.36. The Labute approximate surface area is 153 Å². The van der Waals surface area contributed by atoms with E-state index in [-0.39, 0.29) is 30.0 Å². The molecule has 3 rings (SSSR count). The van der Waals surface area contributed by atoms with Crippen LogP contribution in [0, 0.1) is 6.92 Å². The van der Waals surface area contributed by atoms with Crippen molar-refractivity contribution in [3.05, 3.63) is 47.8 Å². The summed E-state index contributed by atoms with van der Waals surface area (Å²) >= 11 is 0. The Balaban J connectivity index is 1.72. The minimum Gasteiger partial charge on any atom is -0.322 e. The number of rotatable bonds is 6. The second-order valence-corrected chi connectivity index (χ2v) is 8.99. The minimum absolute atomic E-state index is 0.110. The predicted molar refractivity (Wildman–Crippen MR) is 100 cm³/mol. The molecule has 1 atom stereocenters. The highest BCUT2D eigenvalue weighted by molar-refractivity contribution is 7.91. The summed E-state index contributed by atoms with van der Waals surface area (Å²) < 4.78 is 25.5. The lowest BCUT2D eigenvalue weighted by atomic mass is 10.1. The van der Waals surface area contributed by atoms with Gasteiger partial charge in [0.2, 0.25) is 5.91 Å². The van der Waals surface area contributed by atoms with Crippen molar-refractivity contribution in [1.82, 2.24) is 14.7 Å². The van der Waals surface area contributed by atoms with Crippen molar-refractivity contribution >= 4 is 21.4 Å². The molecule has 0 spiro atoms. The Hall–Kier alpha value is -2.19. The van der Waals surface area contributed by atoms with E-state index >= 15 is 0 Å². The van der Waals surface area contributed by atoms with Gasteiger partial charge in [0.25, 0.3) is 0 Å². The van der Waals surface area contributed by atoms with Gasteiger partial charge >= 0.3 is 0 Å². The van der Waals surface area contributed by atoms with Gasteiger partial charge in [0.15, 0.2) is 9.84 Å². The van der Waals surface area contributed by atoms with Crippen LogP contribution in [0.25, 0.3) is 0 Å². The van der Waals surface area contributed by atoms with Gasteiger partial charge < -0.3 is 5.32 Å². The highest BCUT2D eigenvalue weighted by Crippen LogP contribution is 2.20. The number of carbonyl (C=O) groups excluding carboxylic acids is 1. The molecule has 0 aliphatic carbocycles. The van der Waals surface area contributed by atoms with Crippen LogP contribution in [0.15, 0.2) is 36.5 Å². The maximum Gasteiger partial charge on any atom is 0.238 e. The molecule has 1 amide bonds. The summed E-state index contributed by atoms with van der Waals surface area (Å²) in [6.07, 6.45) is 2.18. The zero-order chi connectivity index (χ0) is 18.7. The van der Waals surface area contributed by atoms with Crippen LogP contribution in [0.4, 0.5) is 5.69 Å². The second kappa shape index (κ2) is 7.59. The fraction of sp³-hybridized carbons (Fsp3) is 0.444. The lowest BCUT2D eigenvalue weighted by Gasteiger charge is -2.27. The van der Waals surface area contributed by atoms with Crippen molar-refractivity contribution in [2.45, 2.75) is 25.9 Å². The summed E-state index contributed by atoms with van der Waals surface area (Å²) in [5.41, 5.74) is 2.61. The number of nitrogens with zero attached hydrogens (tertiary/aromatic N) is 3. The zero-order valence-corrected chi connectivity index (χ0v) is 15.9. The summed E-state index contributed by atoms with van der Waals surface area (Å²) in [5, 5.41) is 7.00. The summed E-state index contributed by atoms with van der Waals surface area (Å²) in [7, 11) is -1.20. The molecule has 1 fully saturated rings. The first-order chi connectivity index (χ1) is 12.3. The van der Waals surface area contributed by atoms with Crippen molar-refractivity contribution in [1.29, 1.82) is 0 Å². The number of aromatic nitrogens is 2. The molecule has 0 saturated carbocycles. The molecular weight excluding hydrogens is 352 g/mol. The first-order valence-corrected chi connectivity index (χ1v) is 10.4. The lowest BCUT2D eigenvalue weighted by molar-refractivity contribution is -0.117. The molecule has 26 heavy (non-hydrogen) atoms. The van der Waals surface area contributed by atoms with Crippen LogP contribution in [0.2, 0.25) is 0 Å². The maximum absolute atomic E-state index is 12.6. The zero-order valence-electron chi connectivity index (χ0n) is 15.1. The molecule has 2 aromatic rings. The number of carbonyl (C=O) groups is 1. The van der Waals surface area contributed by atoms with E-state index in [1.807, 2.05) is 49.2 Å². The van der Waals surface area contributed by atoms with Gasteiger partial charge in [-0.15, -0.1) is 0 Å². The third kappa shape index (κ3) is 4.50. The van der Waals surface area contributed by atoms with Gasteiger partial charge in [-0.3, -0.25) is 14.4 Å². The van der Waals surface area contributed by atoms with Gasteiger partial charge in [-0.05, 0) is 18.9 Å². The SMILES string of the molecule is Cc1c(NC(=O)CN(Cc2ccccc2)[C@H]2CCS(=O)(=O)C2)cnn1C. The first-order valence-electron chi connectivity index (χ1n) is 8.61. The van der Waals surface area contributed by atoms with E-state index in [1.165, 1.54) is 0 Å². The first kappa shape index (κ1) is 18.6. The molecule has 140 valence electrons. The maximum atomic E-state index is 12.6. The number of hydrogen-bond acceptors (Lipinski definition) is 5. The summed E-state index contributed by atoms with van der Waals surface area (Å²) in [4.78, 5) is 14.5. The van der Waals surface area contributed by atoms with Crippen LogP contribution >= 0.6 is 0 Å². The molecule has 8 heteroatoms. The Morgan fingerprint density at radius 1 is 1.35 bits per heavy atom. The number of nitrogens with one attached hydrogen (secondary N) is 1. The van der Waals surface area contributed by atoms with E-state index in [0.717, 1.165) is 11.3 Å². The van der Waals surface area contributed by atoms with Crippen LogP contribution < -0.4 is 5.32 Å². The number of amides is 1. The number of benzene rings is 1. The van der Waals surface area contributed by atoms with E-state index in [1.54, 1.807) is 10.9 Å². The molecule has 7 nitrogen and oxygen atoms in total. The summed E-state index contributed by atoms with van der Waals surface area (Å²) in [5.74, 6) is 0.132. The van der Waals surface area contributed by atoms with E-state index < -0.39 is 9.84 Å². The molecule has 1 N–H and O–H groups in total. The molecular formula is C18H24N4O3S. The average molecular weight is 376 g/mol. The van der Waals surface area contributed by atoms with Gasteiger partial charge in [-0.25, -0.2) is 8.42 Å². The number of anilines is 1. The second-order valence-electron chi connectivity index (χ2n) is 6.76. The smallest absolute Gasteiger partial charge is 0.238 e. The molecule has 1 aromatic heterocycles. The monoisotopic (exact) mass is 376 g/mol. The van der Waals surface area contributed by atoms with Crippen LogP contribution in [-0.2, 0) is 28.2 Å². The number of sulfone groups is 1. The molecule has 2 heterocycles. The van der Waals surface area contributed by atoms with Crippen molar-refractivity contribution in [2.75, 3.05) is 23.4 Å². The van der Waals surface area contributed by atoms with Crippen molar-refractivity contribution in [2.24, 2.45) is 7.05 Å². The minimum atomic E-state index is -3.02. The fourth-order valence-electron chi connectivity index (χ4n) is 3.19. The molecule has 0 radical (unpaired) electrons. The third-order valence-corrected chi connectivity index (χ3v) is 6.56. The highest BCUT2D eigenvalue weighted by Gasteiger charge is 2.33. The van der Waals surface area contributed by atoms with Crippen LogP contribution in [-0.4, -0.2) is 53.1 Å². The fourth-order valence-corrected chi connectivity index (χ4v) is 4.95. The topological polar surface area (TPSA) is 84.3 Å².